The van der Waals surface area contributed by atoms with E-state index in [1.54, 1.807) is 6.08 Å². The maximum absolute atomic E-state index is 11.5. The lowest BCUT2D eigenvalue weighted by atomic mass is 10.4. The van der Waals surface area contributed by atoms with Crippen molar-refractivity contribution in [3.8, 4) is 0 Å². The molecule has 0 spiro atoms. The van der Waals surface area contributed by atoms with Crippen LogP contribution in [0, 0.1) is 5.41 Å². The van der Waals surface area contributed by atoms with Crippen LogP contribution in [0.3, 0.4) is 0 Å². The Bertz CT molecular complexity index is 672. The highest BCUT2D eigenvalue weighted by molar-refractivity contribution is 8.18. The topological polar surface area (TPSA) is 70.2 Å². The van der Waals surface area contributed by atoms with Crippen LogP contribution in [0.25, 0.3) is 11.0 Å². The van der Waals surface area contributed by atoms with E-state index >= 15 is 0 Å². The van der Waals surface area contributed by atoms with E-state index in [-0.39, 0.29) is 11.1 Å². The second-order valence-corrected chi connectivity index (χ2v) is 5.52. The van der Waals surface area contributed by atoms with Gasteiger partial charge in [0.2, 0.25) is 0 Å². The zero-order chi connectivity index (χ0) is 12.0. The highest BCUT2D eigenvalue weighted by atomic mass is 35.5. The lowest BCUT2D eigenvalue weighted by Gasteiger charge is -1.93. The van der Waals surface area contributed by atoms with Gasteiger partial charge in [0.25, 0.3) is 5.91 Å². The summed E-state index contributed by atoms with van der Waals surface area (Å²) in [5.41, 5.74) is 0.662. The second-order valence-electron chi connectivity index (χ2n) is 3.24. The molecule has 5 nitrogen and oxygen atoms in total. The summed E-state index contributed by atoms with van der Waals surface area (Å²) in [7, 11) is 0. The fraction of sp³-hybridized carbons (Fsp3) is 0. The molecular formula is C9H5ClN4OS2. The maximum atomic E-state index is 11.5. The highest BCUT2D eigenvalue weighted by Gasteiger charge is 2.23. The van der Waals surface area contributed by atoms with Gasteiger partial charge < -0.3 is 5.32 Å². The third-order valence-corrected chi connectivity index (χ3v) is 4.05. The molecule has 2 aromatic rings. The van der Waals surface area contributed by atoms with Crippen LogP contribution in [0.1, 0.15) is 5.69 Å². The monoisotopic (exact) mass is 284 g/mol. The van der Waals surface area contributed by atoms with Gasteiger partial charge in [0.1, 0.15) is 0 Å². The maximum Gasteiger partial charge on any atom is 0.264 e. The molecule has 86 valence electrons. The number of amidine groups is 1. The van der Waals surface area contributed by atoms with E-state index in [0.29, 0.717) is 15.8 Å². The Morgan fingerprint density at radius 2 is 2.41 bits per heavy atom. The number of hydrogen-bond acceptors (Lipinski definition) is 5. The van der Waals surface area contributed by atoms with E-state index in [2.05, 4.69) is 10.3 Å². The molecule has 8 heteroatoms. The number of thiazole rings is 1. The Kier molecular flexibility index (Phi) is 2.46. The molecule has 0 radical (unpaired) electrons. The number of hydrogen-bond donors (Lipinski definition) is 2. The lowest BCUT2D eigenvalue weighted by molar-refractivity contribution is -0.115. The van der Waals surface area contributed by atoms with Crippen LogP contribution in [0.5, 0.6) is 0 Å². The molecule has 1 aliphatic heterocycles. The molecule has 0 atom stereocenters. The summed E-state index contributed by atoms with van der Waals surface area (Å²) in [6.45, 7) is 0. The molecule has 0 aliphatic carbocycles. The molecule has 1 fully saturated rings. The number of amides is 1. The molecule has 1 aliphatic rings. The Morgan fingerprint density at radius 3 is 3.12 bits per heavy atom. The molecule has 1 amide bonds. The number of fused-ring (bicyclic) bond motifs is 1. The third kappa shape index (κ3) is 1.76. The Labute approximate surface area is 109 Å². The Balaban J connectivity index is 2.13. The molecule has 0 unspecified atom stereocenters. The van der Waals surface area contributed by atoms with E-state index < -0.39 is 0 Å². The van der Waals surface area contributed by atoms with Gasteiger partial charge in [0.05, 0.1) is 10.6 Å². The Hall–Kier alpha value is -1.31. The van der Waals surface area contributed by atoms with Gasteiger partial charge in [-0.05, 0) is 17.8 Å². The average Bonchev–Trinajstić information content (AvgIpc) is 2.88. The van der Waals surface area contributed by atoms with Crippen molar-refractivity contribution in [1.82, 2.24) is 14.7 Å². The molecule has 0 aromatic carbocycles. The van der Waals surface area contributed by atoms with Gasteiger partial charge >= 0.3 is 0 Å². The standard InChI is InChI=1S/C9H5ClN4OS2/c10-6-4(14-1-2-16-9(14)12-6)3-5-7(15)13-8(11)17-5/h1-3H,(H2,11,13,15)/b5-3-. The van der Waals surface area contributed by atoms with Gasteiger partial charge in [-0.15, -0.1) is 11.3 Å². The average molecular weight is 285 g/mol. The number of thioether (sulfide) groups is 1. The van der Waals surface area contributed by atoms with Gasteiger partial charge in [-0.3, -0.25) is 14.6 Å². The molecule has 1 saturated heterocycles. The summed E-state index contributed by atoms with van der Waals surface area (Å²) in [4.78, 5) is 16.9. The SMILES string of the molecule is N=C1NC(=O)/C(=C/c2c(Cl)nc3sccn23)S1. The Morgan fingerprint density at radius 1 is 1.59 bits per heavy atom. The van der Waals surface area contributed by atoms with Crippen molar-refractivity contribution in [1.29, 1.82) is 5.41 Å². The van der Waals surface area contributed by atoms with Crippen LogP contribution in [0.2, 0.25) is 5.15 Å². The van der Waals surface area contributed by atoms with Crippen LogP contribution in [0.4, 0.5) is 0 Å². The molecule has 0 saturated carbocycles. The van der Waals surface area contributed by atoms with Crippen LogP contribution in [-0.4, -0.2) is 20.5 Å². The number of carbonyl (C=O) groups excluding carboxylic acids is 1. The number of carbonyl (C=O) groups is 1. The summed E-state index contributed by atoms with van der Waals surface area (Å²) in [6, 6.07) is 0. The first kappa shape index (κ1) is 10.8. The second kappa shape index (κ2) is 3.86. The van der Waals surface area contributed by atoms with Crippen LogP contribution in [-0.2, 0) is 4.79 Å². The first-order chi connectivity index (χ1) is 8.15. The molecular weight excluding hydrogens is 280 g/mol. The first-order valence-electron chi connectivity index (χ1n) is 4.55. The van der Waals surface area contributed by atoms with Crippen LogP contribution < -0.4 is 5.32 Å². The molecule has 0 bridgehead atoms. The summed E-state index contributed by atoms with van der Waals surface area (Å²) >= 11 is 8.56. The van der Waals surface area contributed by atoms with Crippen LogP contribution in [0.15, 0.2) is 16.5 Å². The number of aromatic nitrogens is 2. The predicted molar refractivity (Wildman–Crippen MR) is 69.5 cm³/mol. The fourth-order valence-corrected chi connectivity index (χ4v) is 3.15. The molecule has 17 heavy (non-hydrogen) atoms. The lowest BCUT2D eigenvalue weighted by Crippen LogP contribution is -2.18. The van der Waals surface area contributed by atoms with Crippen molar-refractivity contribution in [3.63, 3.8) is 0 Å². The summed E-state index contributed by atoms with van der Waals surface area (Å²) in [6.07, 6.45) is 3.49. The minimum atomic E-state index is -0.277. The minimum Gasteiger partial charge on any atom is -0.301 e. The molecule has 3 rings (SSSR count). The van der Waals surface area contributed by atoms with Gasteiger partial charge in [0, 0.05) is 11.6 Å². The number of rotatable bonds is 1. The minimum absolute atomic E-state index is 0.128. The largest absolute Gasteiger partial charge is 0.301 e. The van der Waals surface area contributed by atoms with Crippen molar-refractivity contribution in [2.24, 2.45) is 0 Å². The van der Waals surface area contributed by atoms with Gasteiger partial charge in [-0.2, -0.15) is 0 Å². The van der Waals surface area contributed by atoms with Crippen molar-refractivity contribution in [3.05, 3.63) is 27.3 Å². The predicted octanol–water partition coefficient (Wildman–Crippen LogP) is 2.19. The van der Waals surface area contributed by atoms with E-state index in [4.69, 9.17) is 17.0 Å². The summed E-state index contributed by atoms with van der Waals surface area (Å²) in [5, 5.41) is 12.2. The van der Waals surface area contributed by atoms with E-state index in [0.717, 1.165) is 16.7 Å². The summed E-state index contributed by atoms with van der Waals surface area (Å²) in [5.74, 6) is -0.277. The molecule has 2 aromatic heterocycles. The quantitative estimate of drug-likeness (QED) is 0.789. The molecule has 3 heterocycles. The molecule has 2 N–H and O–H groups in total. The van der Waals surface area contributed by atoms with Crippen molar-refractivity contribution in [2.45, 2.75) is 0 Å². The zero-order valence-corrected chi connectivity index (χ0v) is 10.6. The normalized spacial score (nSPS) is 18.3. The van der Waals surface area contributed by atoms with Gasteiger partial charge in [-0.25, -0.2) is 4.98 Å². The fourth-order valence-electron chi connectivity index (χ4n) is 1.47. The van der Waals surface area contributed by atoms with Gasteiger partial charge in [-0.1, -0.05) is 11.6 Å². The summed E-state index contributed by atoms with van der Waals surface area (Å²) < 4.78 is 1.82. The zero-order valence-electron chi connectivity index (χ0n) is 8.23. The third-order valence-electron chi connectivity index (χ3n) is 2.18. The van der Waals surface area contributed by atoms with Crippen LogP contribution >= 0.6 is 34.7 Å². The number of imidazole rings is 1. The van der Waals surface area contributed by atoms with E-state index in [1.807, 2.05) is 16.0 Å². The first-order valence-corrected chi connectivity index (χ1v) is 6.63. The number of nitrogens with one attached hydrogen (secondary N) is 2. The number of halogens is 1. The van der Waals surface area contributed by atoms with E-state index in [9.17, 15) is 4.79 Å². The van der Waals surface area contributed by atoms with Crippen molar-refractivity contribution < 1.29 is 4.79 Å². The number of nitrogens with zero attached hydrogens (tertiary/aromatic N) is 2. The van der Waals surface area contributed by atoms with Crippen molar-refractivity contribution in [2.75, 3.05) is 0 Å². The highest BCUT2D eigenvalue weighted by Crippen LogP contribution is 2.29. The van der Waals surface area contributed by atoms with E-state index in [1.165, 1.54) is 11.3 Å². The van der Waals surface area contributed by atoms with Gasteiger partial charge in [0.15, 0.2) is 15.3 Å². The smallest absolute Gasteiger partial charge is 0.264 e. The van der Waals surface area contributed by atoms with Crippen molar-refractivity contribution >= 4 is 56.8 Å².